The summed E-state index contributed by atoms with van der Waals surface area (Å²) in [6.45, 7) is 4.96. The first-order chi connectivity index (χ1) is 9.82. The maximum absolute atomic E-state index is 11.2. The summed E-state index contributed by atoms with van der Waals surface area (Å²) in [6.07, 6.45) is 1.28. The van der Waals surface area contributed by atoms with E-state index in [9.17, 15) is 14.9 Å². The highest BCUT2D eigenvalue weighted by Crippen LogP contribution is 2.27. The molecule has 8 heteroatoms. The second kappa shape index (κ2) is 5.31. The molecule has 0 spiro atoms. The van der Waals surface area contributed by atoms with Crippen molar-refractivity contribution in [2.24, 2.45) is 0 Å². The fraction of sp³-hybridized carbons (Fsp3) is 0.308. The Morgan fingerprint density at radius 3 is 2.67 bits per heavy atom. The van der Waals surface area contributed by atoms with Gasteiger partial charge in [-0.05, 0) is 26.8 Å². The van der Waals surface area contributed by atoms with Gasteiger partial charge in [0.2, 0.25) is 5.82 Å². The molecule has 0 fully saturated rings. The van der Waals surface area contributed by atoms with Crippen LogP contribution in [0.2, 0.25) is 0 Å². The summed E-state index contributed by atoms with van der Waals surface area (Å²) in [5.41, 5.74) is 1.94. The quantitative estimate of drug-likeness (QED) is 0.678. The number of carbonyl (C=O) groups is 1. The van der Waals surface area contributed by atoms with Crippen molar-refractivity contribution in [2.75, 3.05) is 0 Å². The van der Waals surface area contributed by atoms with E-state index in [4.69, 9.17) is 5.11 Å². The standard InChI is InChI=1S/C13H14N4O4/c1-7-4-5-14-13(12(7)17(20)21)16-9(3)10(6-11(18)19)8(2)15-16/h4-5H,6H2,1-3H3,(H,18,19). The Kier molecular flexibility index (Phi) is 3.70. The third-order valence-corrected chi connectivity index (χ3v) is 3.26. The molecule has 1 N–H and O–H groups in total. The molecule has 0 aliphatic heterocycles. The first-order valence-electron chi connectivity index (χ1n) is 6.20. The number of nitro groups is 1. The van der Waals surface area contributed by atoms with Gasteiger partial charge in [-0.2, -0.15) is 5.10 Å². The monoisotopic (exact) mass is 290 g/mol. The summed E-state index contributed by atoms with van der Waals surface area (Å²) in [4.78, 5) is 25.6. The van der Waals surface area contributed by atoms with Crippen molar-refractivity contribution in [2.45, 2.75) is 27.2 Å². The lowest BCUT2D eigenvalue weighted by Gasteiger charge is -2.06. The number of aliphatic carboxylic acids is 1. The van der Waals surface area contributed by atoms with E-state index in [1.807, 2.05) is 0 Å². The maximum atomic E-state index is 11.2. The van der Waals surface area contributed by atoms with E-state index in [0.717, 1.165) is 0 Å². The van der Waals surface area contributed by atoms with E-state index in [1.54, 1.807) is 26.8 Å². The van der Waals surface area contributed by atoms with Crippen LogP contribution in [-0.4, -0.2) is 30.8 Å². The molecule has 0 aromatic carbocycles. The van der Waals surface area contributed by atoms with Gasteiger partial charge in [-0.15, -0.1) is 0 Å². The average molecular weight is 290 g/mol. The largest absolute Gasteiger partial charge is 0.481 e. The van der Waals surface area contributed by atoms with Crippen molar-refractivity contribution >= 4 is 11.7 Å². The topological polar surface area (TPSA) is 111 Å². The highest BCUT2D eigenvalue weighted by molar-refractivity contribution is 5.71. The first kappa shape index (κ1) is 14.6. The van der Waals surface area contributed by atoms with Gasteiger partial charge < -0.3 is 5.11 Å². The van der Waals surface area contributed by atoms with Gasteiger partial charge >= 0.3 is 11.7 Å². The van der Waals surface area contributed by atoms with Crippen LogP contribution in [0.5, 0.6) is 0 Å². The van der Waals surface area contributed by atoms with Gasteiger partial charge in [0.05, 0.1) is 17.0 Å². The second-order valence-electron chi connectivity index (χ2n) is 4.69. The van der Waals surface area contributed by atoms with Crippen LogP contribution < -0.4 is 0 Å². The molecular weight excluding hydrogens is 276 g/mol. The predicted octanol–water partition coefficient (Wildman–Crippen LogP) is 1.73. The lowest BCUT2D eigenvalue weighted by atomic mass is 10.1. The molecule has 0 saturated heterocycles. The van der Waals surface area contributed by atoms with Gasteiger partial charge in [-0.1, -0.05) is 0 Å². The molecule has 0 bridgehead atoms. The fourth-order valence-electron chi connectivity index (χ4n) is 2.21. The summed E-state index contributed by atoms with van der Waals surface area (Å²) in [7, 11) is 0. The van der Waals surface area contributed by atoms with Gasteiger partial charge in [0, 0.05) is 23.0 Å². The van der Waals surface area contributed by atoms with E-state index in [2.05, 4.69) is 10.1 Å². The van der Waals surface area contributed by atoms with Crippen molar-refractivity contribution in [1.82, 2.24) is 14.8 Å². The zero-order chi connectivity index (χ0) is 15.7. The summed E-state index contributed by atoms with van der Waals surface area (Å²) in [5.74, 6) is -0.885. The molecule has 0 unspecified atom stereocenters. The average Bonchev–Trinajstić information content (AvgIpc) is 2.65. The Labute approximate surface area is 120 Å². The van der Waals surface area contributed by atoms with Crippen molar-refractivity contribution in [3.8, 4) is 5.82 Å². The number of aromatic nitrogens is 3. The molecule has 0 aliphatic carbocycles. The Hall–Kier alpha value is -2.77. The Morgan fingerprint density at radius 1 is 1.43 bits per heavy atom. The molecule has 0 radical (unpaired) electrons. The van der Waals surface area contributed by atoms with Crippen molar-refractivity contribution in [3.63, 3.8) is 0 Å². The number of hydrogen-bond acceptors (Lipinski definition) is 5. The number of rotatable bonds is 4. The van der Waals surface area contributed by atoms with E-state index < -0.39 is 10.9 Å². The number of carboxylic acids is 1. The number of aryl methyl sites for hydroxylation is 2. The van der Waals surface area contributed by atoms with Crippen LogP contribution in [0.4, 0.5) is 5.69 Å². The highest BCUT2D eigenvalue weighted by Gasteiger charge is 2.24. The number of hydrogen-bond donors (Lipinski definition) is 1. The van der Waals surface area contributed by atoms with Crippen LogP contribution in [0.15, 0.2) is 12.3 Å². The molecule has 0 amide bonds. The summed E-state index contributed by atoms with van der Waals surface area (Å²) in [5, 5.41) is 24.4. The molecule has 0 aliphatic rings. The number of carboxylic acid groups (broad SMARTS) is 1. The summed E-state index contributed by atoms with van der Waals surface area (Å²) < 4.78 is 1.33. The molecular formula is C13H14N4O4. The highest BCUT2D eigenvalue weighted by atomic mass is 16.6. The zero-order valence-electron chi connectivity index (χ0n) is 11.8. The molecule has 8 nitrogen and oxygen atoms in total. The van der Waals surface area contributed by atoms with Gasteiger partial charge in [0.25, 0.3) is 0 Å². The first-order valence-corrected chi connectivity index (χ1v) is 6.20. The van der Waals surface area contributed by atoms with Gasteiger partial charge in [-0.25, -0.2) is 9.67 Å². The number of nitrogens with zero attached hydrogens (tertiary/aromatic N) is 4. The molecule has 0 atom stereocenters. The van der Waals surface area contributed by atoms with Crippen LogP contribution in [0.25, 0.3) is 5.82 Å². The molecule has 2 aromatic rings. The third-order valence-electron chi connectivity index (χ3n) is 3.26. The molecule has 21 heavy (non-hydrogen) atoms. The minimum Gasteiger partial charge on any atom is -0.481 e. The molecule has 2 heterocycles. The van der Waals surface area contributed by atoms with Crippen LogP contribution in [0.3, 0.4) is 0 Å². The number of pyridine rings is 1. The minimum absolute atomic E-state index is 0.0947. The Morgan fingerprint density at radius 2 is 2.10 bits per heavy atom. The van der Waals surface area contributed by atoms with E-state index in [0.29, 0.717) is 22.5 Å². The second-order valence-corrected chi connectivity index (χ2v) is 4.69. The molecule has 2 rings (SSSR count). The third kappa shape index (κ3) is 2.60. The fourth-order valence-corrected chi connectivity index (χ4v) is 2.21. The van der Waals surface area contributed by atoms with Gasteiger partial charge in [0.1, 0.15) is 0 Å². The van der Waals surface area contributed by atoms with E-state index in [1.165, 1.54) is 10.9 Å². The molecule has 0 saturated carbocycles. The van der Waals surface area contributed by atoms with Crippen LogP contribution >= 0.6 is 0 Å². The van der Waals surface area contributed by atoms with E-state index >= 15 is 0 Å². The lowest BCUT2D eigenvalue weighted by molar-refractivity contribution is -0.385. The van der Waals surface area contributed by atoms with Gasteiger partial charge in [0.15, 0.2) is 0 Å². The predicted molar refractivity (Wildman–Crippen MR) is 73.6 cm³/mol. The van der Waals surface area contributed by atoms with E-state index in [-0.39, 0.29) is 17.9 Å². The van der Waals surface area contributed by atoms with Crippen LogP contribution in [0, 0.1) is 30.9 Å². The molecule has 2 aromatic heterocycles. The van der Waals surface area contributed by atoms with Crippen molar-refractivity contribution in [1.29, 1.82) is 0 Å². The summed E-state index contributed by atoms with van der Waals surface area (Å²) >= 11 is 0. The smallest absolute Gasteiger partial charge is 0.316 e. The summed E-state index contributed by atoms with van der Waals surface area (Å²) in [6, 6.07) is 1.55. The maximum Gasteiger partial charge on any atom is 0.316 e. The van der Waals surface area contributed by atoms with Crippen LogP contribution in [0.1, 0.15) is 22.5 Å². The van der Waals surface area contributed by atoms with Gasteiger partial charge in [-0.3, -0.25) is 14.9 Å². The Bertz CT molecular complexity index is 736. The molecule has 110 valence electrons. The Balaban J connectivity index is 2.66. The zero-order valence-corrected chi connectivity index (χ0v) is 11.8. The lowest BCUT2D eigenvalue weighted by Crippen LogP contribution is -2.08. The van der Waals surface area contributed by atoms with Crippen molar-refractivity contribution < 1.29 is 14.8 Å². The minimum atomic E-state index is -0.979. The normalized spacial score (nSPS) is 10.6. The van der Waals surface area contributed by atoms with Crippen LogP contribution in [-0.2, 0) is 11.2 Å². The van der Waals surface area contributed by atoms with Crippen molar-refractivity contribution in [3.05, 3.63) is 44.9 Å². The SMILES string of the molecule is Cc1ccnc(-n2nc(C)c(CC(=O)O)c2C)c1[N+](=O)[O-].